The molecule has 2 aliphatic rings. The highest BCUT2D eigenvalue weighted by molar-refractivity contribution is 5.37. The number of hydrogen-bond acceptors (Lipinski definition) is 6. The van der Waals surface area contributed by atoms with Crippen molar-refractivity contribution in [3.8, 4) is 0 Å². The minimum Gasteiger partial charge on any atom is -0.369 e. The summed E-state index contributed by atoms with van der Waals surface area (Å²) in [7, 11) is 0. The highest BCUT2D eigenvalue weighted by atomic mass is 19.4. The molecule has 2 aromatic carbocycles. The van der Waals surface area contributed by atoms with E-state index in [1.165, 1.54) is 25.4 Å². The molecule has 4 aromatic rings. The van der Waals surface area contributed by atoms with Crippen LogP contribution in [-0.4, -0.2) is 43.9 Å². The molecule has 6 rings (SSSR count). The number of hydrogen-bond donors (Lipinski definition) is 0. The number of piperidine rings is 1. The van der Waals surface area contributed by atoms with Crippen molar-refractivity contribution in [1.82, 2.24) is 24.7 Å². The first-order chi connectivity index (χ1) is 21.4. The van der Waals surface area contributed by atoms with Crippen molar-refractivity contribution in [2.24, 2.45) is 0 Å². The molecule has 0 unspecified atom stereocenters. The Labute approximate surface area is 254 Å². The Balaban J connectivity index is 1.27. The summed E-state index contributed by atoms with van der Waals surface area (Å²) < 4.78 is 103. The van der Waals surface area contributed by atoms with E-state index in [0.29, 0.717) is 24.5 Å². The smallest absolute Gasteiger partial charge is 0.369 e. The third kappa shape index (κ3) is 6.65. The minimum absolute atomic E-state index is 0.0974. The van der Waals surface area contributed by atoms with Gasteiger partial charge in [0, 0.05) is 44.1 Å². The maximum absolute atomic E-state index is 13.8. The van der Waals surface area contributed by atoms with E-state index < -0.39 is 47.4 Å². The molecule has 0 saturated carbocycles. The molecule has 0 radical (unpaired) electrons. The van der Waals surface area contributed by atoms with E-state index in [4.69, 9.17) is 4.74 Å². The van der Waals surface area contributed by atoms with Crippen molar-refractivity contribution in [3.63, 3.8) is 0 Å². The number of benzene rings is 2. The van der Waals surface area contributed by atoms with Gasteiger partial charge < -0.3 is 14.2 Å². The Morgan fingerprint density at radius 3 is 2.16 bits per heavy atom. The van der Waals surface area contributed by atoms with Gasteiger partial charge in [0.25, 0.3) is 0 Å². The van der Waals surface area contributed by atoms with Gasteiger partial charge >= 0.3 is 12.4 Å². The molecule has 0 N–H and O–H groups in total. The van der Waals surface area contributed by atoms with Crippen LogP contribution in [0.1, 0.15) is 71.6 Å². The molecule has 0 aliphatic carbocycles. The topological polar surface area (TPSA) is 69.0 Å². The fraction of sp³-hybridized carbons (Fsp3) is 0.419. The molecule has 1 saturated heterocycles. The maximum atomic E-state index is 13.8. The van der Waals surface area contributed by atoms with Crippen molar-refractivity contribution >= 4 is 5.82 Å². The lowest BCUT2D eigenvalue weighted by atomic mass is 9.87. The molecule has 0 bridgehead atoms. The van der Waals surface area contributed by atoms with Gasteiger partial charge in [0.1, 0.15) is 29.6 Å². The second-order valence-electron chi connectivity index (χ2n) is 11.4. The minimum atomic E-state index is -4.98. The summed E-state index contributed by atoms with van der Waals surface area (Å²) in [4.78, 5) is 10.5. The van der Waals surface area contributed by atoms with Crippen LogP contribution in [0.2, 0.25) is 0 Å². The van der Waals surface area contributed by atoms with Crippen LogP contribution in [0.25, 0.3) is 0 Å². The summed E-state index contributed by atoms with van der Waals surface area (Å²) in [5.74, 6) is 1.53. The maximum Gasteiger partial charge on any atom is 0.416 e. The predicted molar refractivity (Wildman–Crippen MR) is 149 cm³/mol. The normalized spacial score (nSPS) is 20.2. The van der Waals surface area contributed by atoms with Gasteiger partial charge in [0.05, 0.1) is 23.3 Å². The second kappa shape index (κ2) is 12.0. The summed E-state index contributed by atoms with van der Waals surface area (Å²) in [5.41, 5.74) is -2.34. The lowest BCUT2D eigenvalue weighted by Gasteiger charge is -2.36. The van der Waals surface area contributed by atoms with E-state index in [9.17, 15) is 30.7 Å². The SMILES string of the molecule is C[C@@H](O[C@H]1Cc2nnc(C3CCN(c4ccncn4)CC3)n2C[C@@H]1c1ccc(F)cc1)c1cc(C(F)(F)F)cc(C(F)(F)F)c1. The average Bonchev–Trinajstić information content (AvgIpc) is 3.43. The Bertz CT molecular complexity index is 1580. The molecule has 1 fully saturated rings. The summed E-state index contributed by atoms with van der Waals surface area (Å²) >= 11 is 0. The lowest BCUT2D eigenvalue weighted by Crippen LogP contribution is -2.37. The number of anilines is 1. The molecular weight excluding hydrogens is 605 g/mol. The van der Waals surface area contributed by atoms with Gasteiger partial charge in [-0.1, -0.05) is 12.1 Å². The average molecular weight is 635 g/mol. The van der Waals surface area contributed by atoms with Crippen molar-refractivity contribution in [2.45, 2.75) is 69.1 Å². The number of rotatable bonds is 6. The largest absolute Gasteiger partial charge is 0.416 e. The van der Waals surface area contributed by atoms with Gasteiger partial charge in [-0.3, -0.25) is 0 Å². The van der Waals surface area contributed by atoms with Gasteiger partial charge in [-0.15, -0.1) is 10.2 Å². The summed E-state index contributed by atoms with van der Waals surface area (Å²) in [6, 6.07) is 9.17. The fourth-order valence-corrected chi connectivity index (χ4v) is 6.20. The molecule has 45 heavy (non-hydrogen) atoms. The van der Waals surface area contributed by atoms with Crippen molar-refractivity contribution in [3.05, 3.63) is 101 Å². The van der Waals surface area contributed by atoms with E-state index in [0.717, 1.165) is 43.1 Å². The molecule has 4 heterocycles. The van der Waals surface area contributed by atoms with E-state index in [-0.39, 0.29) is 24.0 Å². The number of nitrogens with zero attached hydrogens (tertiary/aromatic N) is 6. The number of halogens is 7. The van der Waals surface area contributed by atoms with E-state index in [2.05, 4.69) is 25.1 Å². The van der Waals surface area contributed by atoms with Crippen molar-refractivity contribution in [2.75, 3.05) is 18.0 Å². The quantitative estimate of drug-likeness (QED) is 0.211. The van der Waals surface area contributed by atoms with Crippen LogP contribution in [0, 0.1) is 5.82 Å². The van der Waals surface area contributed by atoms with Crippen LogP contribution in [0.5, 0.6) is 0 Å². The van der Waals surface area contributed by atoms with E-state index >= 15 is 0 Å². The molecule has 14 heteroatoms. The zero-order chi connectivity index (χ0) is 31.9. The second-order valence-corrected chi connectivity index (χ2v) is 11.4. The molecule has 7 nitrogen and oxygen atoms in total. The van der Waals surface area contributed by atoms with Crippen LogP contribution in [0.15, 0.2) is 61.1 Å². The highest BCUT2D eigenvalue weighted by Gasteiger charge is 2.39. The molecule has 2 aliphatic heterocycles. The Morgan fingerprint density at radius 1 is 0.889 bits per heavy atom. The summed E-state index contributed by atoms with van der Waals surface area (Å²) in [6.07, 6.45) is -6.74. The monoisotopic (exact) mass is 634 g/mol. The number of aromatic nitrogens is 5. The van der Waals surface area contributed by atoms with Crippen LogP contribution < -0.4 is 4.90 Å². The van der Waals surface area contributed by atoms with Crippen LogP contribution in [-0.2, 0) is 30.1 Å². The van der Waals surface area contributed by atoms with Crippen LogP contribution >= 0.6 is 0 Å². The standard InChI is InChI=1S/C31H29F7N6O/c1-18(21-12-22(30(33,34)35)14-23(13-21)31(36,37)38)45-26-15-28-41-42-29(44(28)16-25(26)19-2-4-24(32)5-3-19)20-7-10-43(11-8-20)27-6-9-39-17-40-27/h2-6,9,12-14,17-18,20,25-26H,7-8,10-11,15-16H2,1H3/t18-,25-,26+/m1/s1. The molecular formula is C31H29F7N6O. The Morgan fingerprint density at radius 2 is 1.56 bits per heavy atom. The fourth-order valence-electron chi connectivity index (χ4n) is 6.20. The predicted octanol–water partition coefficient (Wildman–Crippen LogP) is 7.12. The number of alkyl halides is 6. The van der Waals surface area contributed by atoms with Gasteiger partial charge in [-0.2, -0.15) is 26.3 Å². The highest BCUT2D eigenvalue weighted by Crippen LogP contribution is 2.41. The Kier molecular flexibility index (Phi) is 8.27. The first-order valence-electron chi connectivity index (χ1n) is 14.5. The van der Waals surface area contributed by atoms with Crippen LogP contribution in [0.4, 0.5) is 36.6 Å². The van der Waals surface area contributed by atoms with E-state index in [1.807, 2.05) is 10.6 Å². The van der Waals surface area contributed by atoms with E-state index in [1.54, 1.807) is 18.3 Å². The summed E-state index contributed by atoms with van der Waals surface area (Å²) in [5, 5.41) is 8.93. The first-order valence-corrected chi connectivity index (χ1v) is 14.5. The zero-order valence-corrected chi connectivity index (χ0v) is 24.1. The van der Waals surface area contributed by atoms with Crippen molar-refractivity contribution in [1.29, 1.82) is 0 Å². The first kappa shape index (κ1) is 30.9. The van der Waals surface area contributed by atoms with Gasteiger partial charge in [0.2, 0.25) is 0 Å². The summed E-state index contributed by atoms with van der Waals surface area (Å²) in [6.45, 7) is 3.29. The number of ether oxygens (including phenoxy) is 1. The molecule has 0 amide bonds. The third-order valence-corrected chi connectivity index (χ3v) is 8.57. The third-order valence-electron chi connectivity index (χ3n) is 8.57. The molecule has 0 spiro atoms. The van der Waals surface area contributed by atoms with Crippen LogP contribution in [0.3, 0.4) is 0 Å². The number of fused-ring (bicyclic) bond motifs is 1. The zero-order valence-electron chi connectivity index (χ0n) is 24.1. The molecule has 2 aromatic heterocycles. The molecule has 238 valence electrons. The van der Waals surface area contributed by atoms with Gasteiger partial charge in [0.15, 0.2) is 0 Å². The lowest BCUT2D eigenvalue weighted by molar-refractivity contribution is -0.143. The van der Waals surface area contributed by atoms with Crippen molar-refractivity contribution < 1.29 is 35.5 Å². The Hall–Kier alpha value is -4.07. The molecule has 3 atom stereocenters. The van der Waals surface area contributed by atoms with Gasteiger partial charge in [-0.25, -0.2) is 14.4 Å². The van der Waals surface area contributed by atoms with Gasteiger partial charge in [-0.05, 0) is 67.3 Å².